The third-order valence-corrected chi connectivity index (χ3v) is 7.52. The topological polar surface area (TPSA) is 175 Å². The van der Waals surface area contributed by atoms with Crippen LogP contribution in [0.3, 0.4) is 0 Å². The molecule has 256 valence electrons. The van der Waals surface area contributed by atoms with E-state index in [1.807, 2.05) is 13.8 Å². The number of fused-ring (bicyclic) bond motifs is 2. The number of alkyl halides is 3. The summed E-state index contributed by atoms with van der Waals surface area (Å²) in [5, 5.41) is 37.2. The fraction of sp³-hybridized carbons (Fsp3) is 0.135. The van der Waals surface area contributed by atoms with E-state index >= 15 is 0 Å². The Morgan fingerprint density at radius 3 is 1.50 bits per heavy atom. The van der Waals surface area contributed by atoms with Crippen LogP contribution in [0.4, 0.5) is 13.2 Å². The number of aromatic carboxylic acids is 2. The molecule has 0 saturated carbocycles. The quantitative estimate of drug-likeness (QED) is 0.134. The van der Waals surface area contributed by atoms with Crippen LogP contribution < -0.4 is 10.9 Å². The van der Waals surface area contributed by atoms with E-state index in [-0.39, 0.29) is 44.9 Å². The first-order chi connectivity index (χ1) is 23.5. The van der Waals surface area contributed by atoms with Crippen LogP contribution in [0.1, 0.15) is 46.1 Å². The van der Waals surface area contributed by atoms with Gasteiger partial charge in [-0.3, -0.25) is 9.59 Å². The molecule has 2 heterocycles. The normalized spacial score (nSPS) is 11.4. The van der Waals surface area contributed by atoms with Crippen LogP contribution in [-0.2, 0) is 12.6 Å². The first-order valence-electron chi connectivity index (χ1n) is 14.9. The third-order valence-electron chi connectivity index (χ3n) is 7.52. The van der Waals surface area contributed by atoms with Crippen LogP contribution in [-0.4, -0.2) is 32.4 Å². The Labute approximate surface area is 279 Å². The molecule has 0 aliphatic heterocycles. The van der Waals surface area contributed by atoms with Gasteiger partial charge in [0.05, 0.1) is 33.0 Å². The number of halogens is 3. The summed E-state index contributed by atoms with van der Waals surface area (Å²) in [5.74, 6) is -3.31. The maximum Gasteiger partial charge on any atom is 0.450 e. The van der Waals surface area contributed by atoms with Crippen molar-refractivity contribution >= 4 is 33.9 Å². The number of hydrogen-bond donors (Lipinski definition) is 4. The number of carboxylic acids is 2. The van der Waals surface area contributed by atoms with Gasteiger partial charge in [0.15, 0.2) is 0 Å². The lowest BCUT2D eigenvalue weighted by Gasteiger charge is -2.13. The summed E-state index contributed by atoms with van der Waals surface area (Å²) in [7, 11) is 0. The molecule has 0 unspecified atom stereocenters. The fourth-order valence-corrected chi connectivity index (χ4v) is 5.24. The van der Waals surface area contributed by atoms with E-state index in [9.17, 15) is 42.6 Å². The maximum absolute atomic E-state index is 13.4. The standard InChI is InChI=1S/C20H18O5.C17H9F3O5/c1-11(2)9-17-18(12-3-5-13(6-4-12)20(23)24)19(22)15-8-7-14(21)10-16(15)25-17;18-17(19,20)15-13(8-1-3-9(4-2-8)16(23)24)14(22)11-6-5-10(21)7-12(11)25-15/h3-8,10-11,21H,9H2,1-2H3,(H,23,24);1-7,21H,(H,23,24). The van der Waals surface area contributed by atoms with Gasteiger partial charge in [0.1, 0.15) is 28.4 Å². The van der Waals surface area contributed by atoms with Gasteiger partial charge in [0.25, 0.3) is 0 Å². The van der Waals surface area contributed by atoms with Gasteiger partial charge in [-0.15, -0.1) is 0 Å². The van der Waals surface area contributed by atoms with Crippen LogP contribution >= 0.6 is 0 Å². The summed E-state index contributed by atoms with van der Waals surface area (Å²) in [6, 6.07) is 18.2. The SMILES string of the molecule is CC(C)Cc1oc2cc(O)ccc2c(=O)c1-c1ccc(C(=O)O)cc1.O=C(O)c1ccc(-c2c(C(F)(F)F)oc3cc(O)ccc3c2=O)cc1. The summed E-state index contributed by atoms with van der Waals surface area (Å²) in [6.07, 6.45) is -4.41. The van der Waals surface area contributed by atoms with Crippen LogP contribution in [0.5, 0.6) is 11.5 Å². The van der Waals surface area contributed by atoms with Crippen molar-refractivity contribution in [3.63, 3.8) is 0 Å². The van der Waals surface area contributed by atoms with Crippen LogP contribution in [0, 0.1) is 5.92 Å². The molecule has 4 N–H and O–H groups in total. The van der Waals surface area contributed by atoms with Crippen LogP contribution in [0.25, 0.3) is 44.2 Å². The molecule has 6 rings (SSSR count). The number of phenols is 2. The molecule has 0 atom stereocenters. The first kappa shape index (κ1) is 35.0. The number of hydrogen-bond acceptors (Lipinski definition) is 8. The Balaban J connectivity index is 0.000000194. The van der Waals surface area contributed by atoms with Crippen molar-refractivity contribution < 1.29 is 52.0 Å². The highest BCUT2D eigenvalue weighted by Crippen LogP contribution is 2.38. The molecule has 13 heteroatoms. The van der Waals surface area contributed by atoms with E-state index in [0.717, 1.165) is 42.5 Å². The number of carboxylic acid groups (broad SMARTS) is 2. The zero-order valence-electron chi connectivity index (χ0n) is 26.2. The largest absolute Gasteiger partial charge is 0.508 e. The van der Waals surface area contributed by atoms with Crippen LogP contribution in [0.2, 0.25) is 0 Å². The van der Waals surface area contributed by atoms with E-state index in [2.05, 4.69) is 0 Å². The molecule has 0 fully saturated rings. The Kier molecular flexibility index (Phi) is 9.53. The van der Waals surface area contributed by atoms with Gasteiger partial charge < -0.3 is 29.3 Å². The van der Waals surface area contributed by atoms with Gasteiger partial charge in [-0.05, 0) is 65.6 Å². The lowest BCUT2D eigenvalue weighted by Crippen LogP contribution is -2.16. The minimum Gasteiger partial charge on any atom is -0.508 e. The predicted molar refractivity (Wildman–Crippen MR) is 177 cm³/mol. The average molecular weight is 689 g/mol. The molecule has 0 aliphatic rings. The number of carbonyl (C=O) groups is 2. The lowest BCUT2D eigenvalue weighted by molar-refractivity contribution is -0.152. The summed E-state index contributed by atoms with van der Waals surface area (Å²) < 4.78 is 50.9. The molecule has 0 bridgehead atoms. The summed E-state index contributed by atoms with van der Waals surface area (Å²) in [5.41, 5.74) is -0.958. The molecular weight excluding hydrogens is 661 g/mol. The Hall–Kier alpha value is -6.37. The molecular formula is C37H27F3O10. The van der Waals surface area contributed by atoms with Gasteiger partial charge in [0.2, 0.25) is 16.6 Å². The van der Waals surface area contributed by atoms with E-state index in [4.69, 9.17) is 19.0 Å². The number of phenolic OH excluding ortho intramolecular Hbond substituents is 2. The minimum absolute atomic E-state index is 0.0321. The van der Waals surface area contributed by atoms with E-state index in [1.165, 1.54) is 30.3 Å². The van der Waals surface area contributed by atoms with Crippen molar-refractivity contribution in [1.82, 2.24) is 0 Å². The van der Waals surface area contributed by atoms with Crippen molar-refractivity contribution in [2.75, 3.05) is 0 Å². The van der Waals surface area contributed by atoms with Gasteiger partial charge >= 0.3 is 18.1 Å². The molecule has 0 saturated heterocycles. The fourth-order valence-electron chi connectivity index (χ4n) is 5.24. The van der Waals surface area contributed by atoms with Crippen molar-refractivity contribution in [2.45, 2.75) is 26.4 Å². The highest BCUT2D eigenvalue weighted by molar-refractivity contribution is 5.90. The Morgan fingerprint density at radius 2 is 1.08 bits per heavy atom. The molecule has 0 aliphatic carbocycles. The number of benzene rings is 4. The van der Waals surface area contributed by atoms with E-state index < -0.39 is 40.5 Å². The second-order valence-corrected chi connectivity index (χ2v) is 11.6. The molecule has 0 spiro atoms. The highest BCUT2D eigenvalue weighted by Gasteiger charge is 2.39. The van der Waals surface area contributed by atoms with Gasteiger partial charge in [-0.1, -0.05) is 38.1 Å². The second kappa shape index (κ2) is 13.6. The zero-order chi connectivity index (χ0) is 36.5. The number of aromatic hydroxyl groups is 2. The third kappa shape index (κ3) is 7.21. The molecule has 4 aromatic carbocycles. The first-order valence-corrected chi connectivity index (χ1v) is 14.9. The van der Waals surface area contributed by atoms with Gasteiger partial charge in [-0.2, -0.15) is 13.2 Å². The van der Waals surface area contributed by atoms with Crippen molar-refractivity contribution in [3.8, 4) is 33.8 Å². The predicted octanol–water partition coefficient (Wildman–Crippen LogP) is 7.94. The molecule has 10 nitrogen and oxygen atoms in total. The Morgan fingerprint density at radius 1 is 0.660 bits per heavy atom. The minimum atomic E-state index is -4.96. The zero-order valence-corrected chi connectivity index (χ0v) is 26.2. The summed E-state index contributed by atoms with van der Waals surface area (Å²) in [6.45, 7) is 4.04. The number of rotatable bonds is 6. The maximum atomic E-state index is 13.4. The summed E-state index contributed by atoms with van der Waals surface area (Å²) >= 11 is 0. The van der Waals surface area contributed by atoms with E-state index in [1.54, 1.807) is 12.1 Å². The van der Waals surface area contributed by atoms with E-state index in [0.29, 0.717) is 34.3 Å². The summed E-state index contributed by atoms with van der Waals surface area (Å²) in [4.78, 5) is 47.5. The average Bonchev–Trinajstić information content (AvgIpc) is 3.04. The molecule has 6 aromatic rings. The van der Waals surface area contributed by atoms with Gasteiger partial charge in [0, 0.05) is 18.6 Å². The Bertz CT molecular complexity index is 2370. The molecule has 0 amide bonds. The second-order valence-electron chi connectivity index (χ2n) is 11.6. The van der Waals surface area contributed by atoms with Crippen molar-refractivity contribution in [3.05, 3.63) is 128 Å². The molecule has 0 radical (unpaired) electrons. The lowest BCUT2D eigenvalue weighted by atomic mass is 9.96. The van der Waals surface area contributed by atoms with Crippen molar-refractivity contribution in [2.24, 2.45) is 5.92 Å². The van der Waals surface area contributed by atoms with Crippen molar-refractivity contribution in [1.29, 1.82) is 0 Å². The highest BCUT2D eigenvalue weighted by atomic mass is 19.4. The smallest absolute Gasteiger partial charge is 0.450 e. The molecule has 2 aromatic heterocycles. The van der Waals surface area contributed by atoms with Gasteiger partial charge in [-0.25, -0.2) is 9.59 Å². The monoisotopic (exact) mass is 688 g/mol. The molecule has 50 heavy (non-hydrogen) atoms. The van der Waals surface area contributed by atoms with Crippen LogP contribution in [0.15, 0.2) is 103 Å².